The summed E-state index contributed by atoms with van der Waals surface area (Å²) >= 11 is 0. The van der Waals surface area contributed by atoms with Crippen LogP contribution < -0.4 is 5.73 Å². The summed E-state index contributed by atoms with van der Waals surface area (Å²) in [6.45, 7) is 0. The quantitative estimate of drug-likeness (QED) is 0.673. The molecule has 1 fully saturated rings. The van der Waals surface area contributed by atoms with Gasteiger partial charge in [-0.1, -0.05) is 0 Å². The van der Waals surface area contributed by atoms with Crippen LogP contribution in [0, 0.1) is 16.0 Å². The van der Waals surface area contributed by atoms with E-state index in [1.165, 1.54) is 12.8 Å². The molecule has 19 heavy (non-hydrogen) atoms. The van der Waals surface area contributed by atoms with Crippen molar-refractivity contribution in [3.05, 3.63) is 46.1 Å². The summed E-state index contributed by atoms with van der Waals surface area (Å²) in [7, 11) is 0. The van der Waals surface area contributed by atoms with Gasteiger partial charge in [-0.25, -0.2) is 0 Å². The molecule has 1 unspecified atom stereocenters. The molecule has 1 aromatic heterocycles. The first kappa shape index (κ1) is 12.0. The van der Waals surface area contributed by atoms with Crippen molar-refractivity contribution in [1.29, 1.82) is 0 Å². The Morgan fingerprint density at radius 3 is 2.89 bits per heavy atom. The summed E-state index contributed by atoms with van der Waals surface area (Å²) in [6.07, 6.45) is 4.79. The van der Waals surface area contributed by atoms with Crippen LogP contribution in [0.3, 0.4) is 0 Å². The lowest BCUT2D eigenvalue weighted by Gasteiger charge is -2.12. The van der Waals surface area contributed by atoms with Crippen molar-refractivity contribution in [3.8, 4) is 0 Å². The van der Waals surface area contributed by atoms with E-state index in [1.54, 1.807) is 30.5 Å². The molecule has 0 spiro atoms. The average molecular weight is 257 g/mol. The van der Waals surface area contributed by atoms with Gasteiger partial charge in [-0.3, -0.25) is 15.1 Å². The smallest absolute Gasteiger partial charge is 0.278 e. The molecule has 1 aliphatic rings. The predicted octanol–water partition coefficient (Wildman–Crippen LogP) is 2.42. The maximum absolute atomic E-state index is 11.0. The number of hydrogen-bond acceptors (Lipinski definition) is 4. The molecule has 1 aromatic carbocycles. The highest BCUT2D eigenvalue weighted by molar-refractivity contribution is 5.90. The average Bonchev–Trinajstić information content (AvgIpc) is 3.23. The molecule has 98 valence electrons. The minimum atomic E-state index is -0.366. The van der Waals surface area contributed by atoms with Gasteiger partial charge in [0.15, 0.2) is 0 Å². The SMILES string of the molecule is NC(Cc1ccc([N+](=O)[O-])c2cccnc12)C1CC1. The van der Waals surface area contributed by atoms with Crippen molar-refractivity contribution in [3.63, 3.8) is 0 Å². The number of nitrogens with zero attached hydrogens (tertiary/aromatic N) is 2. The minimum Gasteiger partial charge on any atom is -0.327 e. The van der Waals surface area contributed by atoms with E-state index in [0.717, 1.165) is 12.0 Å². The van der Waals surface area contributed by atoms with Crippen LogP contribution in [0.1, 0.15) is 18.4 Å². The van der Waals surface area contributed by atoms with Gasteiger partial charge in [-0.2, -0.15) is 0 Å². The minimum absolute atomic E-state index is 0.104. The highest BCUT2D eigenvalue weighted by Crippen LogP contribution is 2.34. The van der Waals surface area contributed by atoms with E-state index in [1.807, 2.05) is 0 Å². The van der Waals surface area contributed by atoms with E-state index in [-0.39, 0.29) is 16.7 Å². The molecule has 2 aromatic rings. The van der Waals surface area contributed by atoms with Crippen molar-refractivity contribution in [2.24, 2.45) is 11.7 Å². The summed E-state index contributed by atoms with van der Waals surface area (Å²) in [5.74, 6) is 0.606. The van der Waals surface area contributed by atoms with Crippen LogP contribution in [0.4, 0.5) is 5.69 Å². The number of nitro benzene ring substituents is 1. The number of fused-ring (bicyclic) bond motifs is 1. The molecule has 1 heterocycles. The molecule has 1 saturated carbocycles. The number of pyridine rings is 1. The lowest BCUT2D eigenvalue weighted by Crippen LogP contribution is -2.25. The van der Waals surface area contributed by atoms with Crippen LogP contribution in [0.25, 0.3) is 10.9 Å². The normalized spacial score (nSPS) is 16.5. The molecule has 0 bridgehead atoms. The molecule has 0 aliphatic heterocycles. The molecular formula is C14H15N3O2. The predicted molar refractivity (Wildman–Crippen MR) is 72.8 cm³/mol. The maximum Gasteiger partial charge on any atom is 0.278 e. The van der Waals surface area contributed by atoms with Crippen LogP contribution in [-0.4, -0.2) is 15.9 Å². The first-order valence-corrected chi connectivity index (χ1v) is 6.43. The molecule has 0 radical (unpaired) electrons. The topological polar surface area (TPSA) is 82.0 Å². The van der Waals surface area contributed by atoms with Crippen LogP contribution in [0.15, 0.2) is 30.5 Å². The molecule has 5 heteroatoms. The second-order valence-electron chi connectivity index (χ2n) is 5.11. The van der Waals surface area contributed by atoms with E-state index in [0.29, 0.717) is 16.8 Å². The molecule has 1 aliphatic carbocycles. The van der Waals surface area contributed by atoms with Gasteiger partial charge in [0, 0.05) is 18.3 Å². The maximum atomic E-state index is 11.0. The highest BCUT2D eigenvalue weighted by Gasteiger charge is 2.29. The number of rotatable bonds is 4. The number of non-ortho nitro benzene ring substituents is 1. The molecular weight excluding hydrogens is 242 g/mol. The van der Waals surface area contributed by atoms with E-state index in [4.69, 9.17) is 5.73 Å². The number of nitrogens with two attached hydrogens (primary N) is 1. The van der Waals surface area contributed by atoms with Crippen molar-refractivity contribution in [2.75, 3.05) is 0 Å². The first-order valence-electron chi connectivity index (χ1n) is 6.43. The zero-order chi connectivity index (χ0) is 13.4. The molecule has 2 N–H and O–H groups in total. The Balaban J connectivity index is 2.05. The van der Waals surface area contributed by atoms with E-state index in [9.17, 15) is 10.1 Å². The third-order valence-electron chi connectivity index (χ3n) is 3.71. The van der Waals surface area contributed by atoms with Gasteiger partial charge in [0.25, 0.3) is 5.69 Å². The van der Waals surface area contributed by atoms with Gasteiger partial charge in [0.1, 0.15) is 0 Å². The summed E-state index contributed by atoms with van der Waals surface area (Å²) in [4.78, 5) is 15.0. The van der Waals surface area contributed by atoms with Gasteiger partial charge >= 0.3 is 0 Å². The van der Waals surface area contributed by atoms with Gasteiger partial charge in [-0.05, 0) is 48.9 Å². The van der Waals surface area contributed by atoms with Crippen molar-refractivity contribution >= 4 is 16.6 Å². The third-order valence-corrected chi connectivity index (χ3v) is 3.71. The molecule has 3 rings (SSSR count). The Labute approximate surface area is 110 Å². The fraction of sp³-hybridized carbons (Fsp3) is 0.357. The Morgan fingerprint density at radius 1 is 1.42 bits per heavy atom. The van der Waals surface area contributed by atoms with Crippen LogP contribution >= 0.6 is 0 Å². The van der Waals surface area contributed by atoms with Gasteiger partial charge in [0.05, 0.1) is 15.8 Å². The first-order chi connectivity index (χ1) is 9.16. The van der Waals surface area contributed by atoms with Crippen LogP contribution in [-0.2, 0) is 6.42 Å². The summed E-state index contributed by atoms with van der Waals surface area (Å²) < 4.78 is 0. The fourth-order valence-electron chi connectivity index (χ4n) is 2.49. The Morgan fingerprint density at radius 2 is 2.21 bits per heavy atom. The number of benzene rings is 1. The number of aromatic nitrogens is 1. The Kier molecular flexibility index (Phi) is 2.91. The largest absolute Gasteiger partial charge is 0.327 e. The lowest BCUT2D eigenvalue weighted by molar-refractivity contribution is -0.383. The van der Waals surface area contributed by atoms with Crippen LogP contribution in [0.5, 0.6) is 0 Å². The zero-order valence-electron chi connectivity index (χ0n) is 10.5. The molecule has 1 atom stereocenters. The van der Waals surface area contributed by atoms with Crippen molar-refractivity contribution < 1.29 is 4.92 Å². The van der Waals surface area contributed by atoms with E-state index in [2.05, 4.69) is 4.98 Å². The van der Waals surface area contributed by atoms with Gasteiger partial charge < -0.3 is 5.73 Å². The van der Waals surface area contributed by atoms with E-state index < -0.39 is 0 Å². The van der Waals surface area contributed by atoms with Crippen molar-refractivity contribution in [2.45, 2.75) is 25.3 Å². The van der Waals surface area contributed by atoms with Gasteiger partial charge in [-0.15, -0.1) is 0 Å². The number of nitro groups is 1. The second-order valence-corrected chi connectivity index (χ2v) is 5.11. The zero-order valence-corrected chi connectivity index (χ0v) is 10.5. The Bertz CT molecular complexity index is 638. The van der Waals surface area contributed by atoms with Crippen LogP contribution in [0.2, 0.25) is 0 Å². The fourth-order valence-corrected chi connectivity index (χ4v) is 2.49. The standard InChI is InChI=1S/C14H15N3O2/c15-12(9-3-4-9)8-10-5-6-13(17(18)19)11-2-1-7-16-14(10)11/h1-2,5-7,9,12H,3-4,8,15H2. The number of hydrogen-bond donors (Lipinski definition) is 1. The lowest BCUT2D eigenvalue weighted by atomic mass is 9.99. The molecule has 5 nitrogen and oxygen atoms in total. The van der Waals surface area contributed by atoms with Gasteiger partial charge in [0.2, 0.25) is 0 Å². The van der Waals surface area contributed by atoms with Crippen molar-refractivity contribution in [1.82, 2.24) is 4.98 Å². The van der Waals surface area contributed by atoms with E-state index >= 15 is 0 Å². The Hall–Kier alpha value is -2.01. The molecule has 0 saturated heterocycles. The summed E-state index contributed by atoms with van der Waals surface area (Å²) in [5.41, 5.74) is 7.94. The molecule has 0 amide bonds. The second kappa shape index (κ2) is 4.59. The highest BCUT2D eigenvalue weighted by atomic mass is 16.6. The summed E-state index contributed by atoms with van der Waals surface area (Å²) in [5, 5.41) is 11.6. The third kappa shape index (κ3) is 2.29. The summed E-state index contributed by atoms with van der Waals surface area (Å²) in [6, 6.07) is 6.94. The monoisotopic (exact) mass is 257 g/mol.